The van der Waals surface area contributed by atoms with Crippen molar-refractivity contribution in [2.75, 3.05) is 26.3 Å². The van der Waals surface area contributed by atoms with E-state index in [0.29, 0.717) is 39.5 Å². The van der Waals surface area contributed by atoms with Crippen LogP contribution >= 0.6 is 15.9 Å². The third kappa shape index (κ3) is 5.19. The topological polar surface area (TPSA) is 113 Å². The third-order valence-corrected chi connectivity index (χ3v) is 4.15. The molecule has 0 amide bonds. The zero-order valence-electron chi connectivity index (χ0n) is 15.6. The predicted octanol–water partition coefficient (Wildman–Crippen LogP) is 3.53. The summed E-state index contributed by atoms with van der Waals surface area (Å²) >= 11 is 3.40. The van der Waals surface area contributed by atoms with E-state index in [4.69, 9.17) is 19.5 Å². The molecule has 0 bridgehead atoms. The zero-order chi connectivity index (χ0) is 20.5. The standard InChI is InChI=1S/C19H18BrN5O3/c1-12-6-14(11-26-2)15(9-22)19(24-12)25-23-10-13-7-16(20)18(28-5-4-21)17(8-13)27-3/h6-8,10H,5,11H2,1-3H3,(H,24,25)/b23-10+. The number of nitriles is 2. The fourth-order valence-corrected chi connectivity index (χ4v) is 3.02. The van der Waals surface area contributed by atoms with Gasteiger partial charge in [-0.3, -0.25) is 5.43 Å². The quantitative estimate of drug-likeness (QED) is 0.490. The van der Waals surface area contributed by atoms with Crippen molar-refractivity contribution < 1.29 is 14.2 Å². The summed E-state index contributed by atoms with van der Waals surface area (Å²) < 4.78 is 16.4. The number of anilines is 1. The fraction of sp³-hybridized carbons (Fsp3) is 0.263. The average Bonchev–Trinajstić information content (AvgIpc) is 2.67. The maximum atomic E-state index is 9.44. The number of pyridine rings is 1. The van der Waals surface area contributed by atoms with Gasteiger partial charge in [-0.1, -0.05) is 0 Å². The smallest absolute Gasteiger partial charge is 0.176 e. The molecule has 0 saturated heterocycles. The molecule has 0 radical (unpaired) electrons. The highest BCUT2D eigenvalue weighted by Gasteiger charge is 2.12. The fourth-order valence-electron chi connectivity index (χ4n) is 2.44. The Bertz CT molecular complexity index is 964. The van der Waals surface area contributed by atoms with Gasteiger partial charge in [0.2, 0.25) is 0 Å². The van der Waals surface area contributed by atoms with E-state index in [1.165, 1.54) is 7.11 Å². The first-order valence-electron chi connectivity index (χ1n) is 8.10. The molecule has 8 nitrogen and oxygen atoms in total. The van der Waals surface area contributed by atoms with Crippen LogP contribution in [0.2, 0.25) is 0 Å². The highest BCUT2D eigenvalue weighted by Crippen LogP contribution is 2.36. The van der Waals surface area contributed by atoms with Crippen LogP contribution in [-0.2, 0) is 11.3 Å². The first-order valence-corrected chi connectivity index (χ1v) is 8.89. The molecule has 1 heterocycles. The van der Waals surface area contributed by atoms with Gasteiger partial charge in [-0.05, 0) is 46.6 Å². The molecule has 1 N–H and O–H groups in total. The Morgan fingerprint density at radius 3 is 2.71 bits per heavy atom. The van der Waals surface area contributed by atoms with Gasteiger partial charge in [0.25, 0.3) is 0 Å². The monoisotopic (exact) mass is 443 g/mol. The number of hydrogen-bond donors (Lipinski definition) is 1. The summed E-state index contributed by atoms with van der Waals surface area (Å²) in [6, 6.07) is 9.33. The number of aryl methyl sites for hydroxylation is 1. The van der Waals surface area contributed by atoms with Crippen molar-refractivity contribution in [1.82, 2.24) is 4.98 Å². The lowest BCUT2D eigenvalue weighted by atomic mass is 10.1. The van der Waals surface area contributed by atoms with Gasteiger partial charge in [-0.2, -0.15) is 15.6 Å². The Kier molecular flexibility index (Phi) is 7.76. The number of methoxy groups -OCH3 is 2. The Morgan fingerprint density at radius 1 is 1.29 bits per heavy atom. The number of rotatable bonds is 8. The molecule has 0 spiro atoms. The van der Waals surface area contributed by atoms with Crippen LogP contribution in [0.4, 0.5) is 5.82 Å². The number of aromatic nitrogens is 1. The number of hydrogen-bond acceptors (Lipinski definition) is 8. The van der Waals surface area contributed by atoms with Crippen molar-refractivity contribution in [3.8, 4) is 23.6 Å². The molecule has 9 heteroatoms. The van der Waals surface area contributed by atoms with E-state index in [1.807, 2.05) is 13.0 Å². The largest absolute Gasteiger partial charge is 0.493 e. The van der Waals surface area contributed by atoms with E-state index in [-0.39, 0.29) is 6.61 Å². The van der Waals surface area contributed by atoms with Gasteiger partial charge in [0.15, 0.2) is 23.9 Å². The molecular weight excluding hydrogens is 426 g/mol. The summed E-state index contributed by atoms with van der Waals surface area (Å²) in [6.45, 7) is 2.04. The van der Waals surface area contributed by atoms with Crippen LogP contribution in [0.3, 0.4) is 0 Å². The van der Waals surface area contributed by atoms with Crippen molar-refractivity contribution >= 4 is 28.0 Å². The lowest BCUT2D eigenvalue weighted by molar-refractivity contribution is 0.184. The third-order valence-electron chi connectivity index (χ3n) is 3.56. The highest BCUT2D eigenvalue weighted by molar-refractivity contribution is 9.10. The number of hydrazone groups is 1. The van der Waals surface area contributed by atoms with Gasteiger partial charge < -0.3 is 14.2 Å². The van der Waals surface area contributed by atoms with Gasteiger partial charge in [-0.15, -0.1) is 0 Å². The summed E-state index contributed by atoms with van der Waals surface area (Å²) in [5.74, 6) is 1.25. The van der Waals surface area contributed by atoms with Gasteiger partial charge >= 0.3 is 0 Å². The Hall–Kier alpha value is -3.14. The number of halogens is 1. The Labute approximate surface area is 171 Å². The lowest BCUT2D eigenvalue weighted by Crippen LogP contribution is -2.03. The second kappa shape index (κ2) is 10.3. The van der Waals surface area contributed by atoms with E-state index < -0.39 is 0 Å². The highest BCUT2D eigenvalue weighted by atomic mass is 79.9. The average molecular weight is 444 g/mol. The normalized spacial score (nSPS) is 10.4. The number of nitrogens with one attached hydrogen (secondary N) is 1. The van der Waals surface area contributed by atoms with Crippen LogP contribution in [0.25, 0.3) is 0 Å². The molecule has 1 aromatic carbocycles. The summed E-state index contributed by atoms with van der Waals surface area (Å²) in [5.41, 5.74) is 5.38. The summed E-state index contributed by atoms with van der Waals surface area (Å²) in [5, 5.41) is 22.3. The number of nitrogens with zero attached hydrogens (tertiary/aromatic N) is 4. The molecule has 0 aliphatic rings. The van der Waals surface area contributed by atoms with Crippen LogP contribution in [0.15, 0.2) is 27.8 Å². The van der Waals surface area contributed by atoms with Crippen molar-refractivity contribution in [1.29, 1.82) is 10.5 Å². The maximum Gasteiger partial charge on any atom is 0.176 e. The van der Waals surface area contributed by atoms with E-state index in [0.717, 1.165) is 11.3 Å². The molecule has 2 aromatic rings. The minimum Gasteiger partial charge on any atom is -0.493 e. The second-order valence-corrected chi connectivity index (χ2v) is 6.40. The van der Waals surface area contributed by atoms with E-state index in [2.05, 4.69) is 37.5 Å². The first kappa shape index (κ1) is 21.2. The molecule has 0 fully saturated rings. The molecule has 0 aliphatic heterocycles. The number of benzene rings is 1. The van der Waals surface area contributed by atoms with Crippen LogP contribution in [0.5, 0.6) is 11.5 Å². The van der Waals surface area contributed by atoms with Crippen LogP contribution in [0, 0.1) is 29.6 Å². The predicted molar refractivity (Wildman–Crippen MR) is 107 cm³/mol. The molecule has 0 saturated carbocycles. The van der Waals surface area contributed by atoms with Gasteiger partial charge in [0.05, 0.1) is 24.4 Å². The lowest BCUT2D eigenvalue weighted by Gasteiger charge is -2.11. The van der Waals surface area contributed by atoms with E-state index in [1.54, 1.807) is 31.5 Å². The molecule has 0 unspecified atom stereocenters. The van der Waals surface area contributed by atoms with Gasteiger partial charge in [-0.25, -0.2) is 4.98 Å². The molecule has 144 valence electrons. The Balaban J connectivity index is 2.27. The maximum absolute atomic E-state index is 9.44. The van der Waals surface area contributed by atoms with Crippen molar-refractivity contribution in [2.24, 2.45) is 5.10 Å². The van der Waals surface area contributed by atoms with Crippen molar-refractivity contribution in [3.05, 3.63) is 45.1 Å². The van der Waals surface area contributed by atoms with Crippen molar-refractivity contribution in [3.63, 3.8) is 0 Å². The van der Waals surface area contributed by atoms with Gasteiger partial charge in [0, 0.05) is 18.4 Å². The second-order valence-electron chi connectivity index (χ2n) is 5.54. The van der Waals surface area contributed by atoms with Crippen LogP contribution in [0.1, 0.15) is 22.4 Å². The molecule has 2 rings (SSSR count). The number of ether oxygens (including phenoxy) is 3. The molecule has 0 aliphatic carbocycles. The van der Waals surface area contributed by atoms with Crippen LogP contribution < -0.4 is 14.9 Å². The molecule has 1 aromatic heterocycles. The molecule has 0 atom stereocenters. The SMILES string of the molecule is COCc1cc(C)nc(N/N=C/c2cc(Br)c(OCC#N)c(OC)c2)c1C#N. The summed E-state index contributed by atoms with van der Waals surface area (Å²) in [4.78, 5) is 4.33. The first-order chi connectivity index (χ1) is 13.5. The van der Waals surface area contributed by atoms with Crippen LogP contribution in [-0.4, -0.2) is 32.0 Å². The Morgan fingerprint density at radius 2 is 2.07 bits per heavy atom. The van der Waals surface area contributed by atoms with E-state index in [9.17, 15) is 5.26 Å². The van der Waals surface area contributed by atoms with Crippen molar-refractivity contribution in [2.45, 2.75) is 13.5 Å². The van der Waals surface area contributed by atoms with Gasteiger partial charge in [0.1, 0.15) is 17.7 Å². The minimum absolute atomic E-state index is 0.0935. The molecular formula is C19H18BrN5O3. The molecule has 28 heavy (non-hydrogen) atoms. The summed E-state index contributed by atoms with van der Waals surface area (Å²) in [6.07, 6.45) is 1.56. The summed E-state index contributed by atoms with van der Waals surface area (Å²) in [7, 11) is 3.07. The zero-order valence-corrected chi connectivity index (χ0v) is 17.2. The minimum atomic E-state index is -0.0935. The van der Waals surface area contributed by atoms with E-state index >= 15 is 0 Å².